The highest BCUT2D eigenvalue weighted by Gasteiger charge is 2.31. The standard InChI is InChI=1S/C13H9F3N4/c14-13(15,16)9-4-5-10(8(6-9)7-17)19-12-3-1-2-11(18)20-12/h1-6H,(H3,18,19,20). The first kappa shape index (κ1) is 13.7. The van der Waals surface area contributed by atoms with Gasteiger partial charge < -0.3 is 11.1 Å². The lowest BCUT2D eigenvalue weighted by atomic mass is 10.1. The van der Waals surface area contributed by atoms with E-state index in [1.54, 1.807) is 24.3 Å². The van der Waals surface area contributed by atoms with Gasteiger partial charge in [0.05, 0.1) is 16.8 Å². The maximum atomic E-state index is 12.6. The van der Waals surface area contributed by atoms with Gasteiger partial charge in [0.15, 0.2) is 0 Å². The van der Waals surface area contributed by atoms with E-state index in [-0.39, 0.29) is 17.1 Å². The number of pyridine rings is 1. The normalized spacial score (nSPS) is 10.9. The summed E-state index contributed by atoms with van der Waals surface area (Å²) >= 11 is 0. The second-order valence-electron chi connectivity index (χ2n) is 3.94. The Balaban J connectivity index is 2.36. The Morgan fingerprint density at radius 1 is 1.20 bits per heavy atom. The Bertz CT molecular complexity index is 674. The van der Waals surface area contributed by atoms with Gasteiger partial charge in [-0.25, -0.2) is 4.98 Å². The number of benzene rings is 1. The monoisotopic (exact) mass is 278 g/mol. The maximum absolute atomic E-state index is 12.6. The number of nitriles is 1. The zero-order valence-electron chi connectivity index (χ0n) is 10.1. The predicted molar refractivity (Wildman–Crippen MR) is 68.1 cm³/mol. The van der Waals surface area contributed by atoms with Gasteiger partial charge in [-0.2, -0.15) is 18.4 Å². The van der Waals surface area contributed by atoms with E-state index in [1.165, 1.54) is 6.07 Å². The largest absolute Gasteiger partial charge is 0.416 e. The van der Waals surface area contributed by atoms with Crippen molar-refractivity contribution in [3.63, 3.8) is 0 Å². The van der Waals surface area contributed by atoms with Crippen molar-refractivity contribution in [2.45, 2.75) is 6.18 Å². The Hall–Kier alpha value is -2.75. The zero-order valence-corrected chi connectivity index (χ0v) is 10.1. The molecule has 1 heterocycles. The van der Waals surface area contributed by atoms with Crippen LogP contribution < -0.4 is 11.1 Å². The molecule has 0 atom stereocenters. The first-order valence-corrected chi connectivity index (χ1v) is 5.51. The molecule has 0 saturated carbocycles. The summed E-state index contributed by atoms with van der Waals surface area (Å²) in [5.41, 5.74) is 4.74. The summed E-state index contributed by atoms with van der Waals surface area (Å²) < 4.78 is 37.7. The Kier molecular flexibility index (Phi) is 3.48. The van der Waals surface area contributed by atoms with E-state index in [9.17, 15) is 13.2 Å². The van der Waals surface area contributed by atoms with Crippen LogP contribution in [0.15, 0.2) is 36.4 Å². The summed E-state index contributed by atoms with van der Waals surface area (Å²) in [5.74, 6) is 0.613. The lowest BCUT2D eigenvalue weighted by molar-refractivity contribution is -0.137. The van der Waals surface area contributed by atoms with Crippen LogP contribution in [-0.2, 0) is 6.18 Å². The number of anilines is 3. The summed E-state index contributed by atoms with van der Waals surface area (Å²) in [5, 5.41) is 11.7. The molecule has 102 valence electrons. The molecule has 0 aliphatic carbocycles. The van der Waals surface area contributed by atoms with Crippen LogP contribution >= 0.6 is 0 Å². The fourth-order valence-electron chi connectivity index (χ4n) is 1.58. The lowest BCUT2D eigenvalue weighted by Crippen LogP contribution is -2.06. The number of nitrogens with two attached hydrogens (primary N) is 1. The molecule has 0 unspecified atom stereocenters. The number of hydrogen-bond donors (Lipinski definition) is 2. The van der Waals surface area contributed by atoms with E-state index in [0.29, 0.717) is 5.82 Å². The minimum absolute atomic E-state index is 0.121. The maximum Gasteiger partial charge on any atom is 0.416 e. The Labute approximate surface area is 112 Å². The third-order valence-corrected chi connectivity index (χ3v) is 2.50. The minimum atomic E-state index is -4.49. The van der Waals surface area contributed by atoms with E-state index in [1.807, 2.05) is 0 Å². The van der Waals surface area contributed by atoms with E-state index in [0.717, 1.165) is 12.1 Å². The molecule has 7 heteroatoms. The Morgan fingerprint density at radius 2 is 1.95 bits per heavy atom. The molecule has 0 saturated heterocycles. The van der Waals surface area contributed by atoms with Gasteiger partial charge in [0, 0.05) is 0 Å². The van der Waals surface area contributed by atoms with Crippen molar-refractivity contribution in [1.82, 2.24) is 4.98 Å². The number of nitrogens with zero attached hydrogens (tertiary/aromatic N) is 2. The van der Waals surface area contributed by atoms with Crippen molar-refractivity contribution in [2.75, 3.05) is 11.1 Å². The van der Waals surface area contributed by atoms with E-state index in [2.05, 4.69) is 10.3 Å². The van der Waals surface area contributed by atoms with Gasteiger partial charge in [-0.05, 0) is 30.3 Å². The van der Waals surface area contributed by atoms with Crippen molar-refractivity contribution in [3.8, 4) is 6.07 Å². The minimum Gasteiger partial charge on any atom is -0.384 e. The first-order valence-electron chi connectivity index (χ1n) is 5.51. The lowest BCUT2D eigenvalue weighted by Gasteiger charge is -2.11. The van der Waals surface area contributed by atoms with Crippen molar-refractivity contribution in [1.29, 1.82) is 5.26 Å². The number of halogens is 3. The number of nitrogens with one attached hydrogen (secondary N) is 1. The topological polar surface area (TPSA) is 74.7 Å². The van der Waals surface area contributed by atoms with Crippen molar-refractivity contribution >= 4 is 17.3 Å². The molecule has 0 bridgehead atoms. The van der Waals surface area contributed by atoms with Crippen LogP contribution in [0.2, 0.25) is 0 Å². The van der Waals surface area contributed by atoms with Gasteiger partial charge in [-0.3, -0.25) is 0 Å². The molecule has 0 spiro atoms. The summed E-state index contributed by atoms with van der Waals surface area (Å²) in [6.45, 7) is 0. The predicted octanol–water partition coefficient (Wildman–Crippen LogP) is 3.30. The summed E-state index contributed by atoms with van der Waals surface area (Å²) in [4.78, 5) is 3.95. The molecule has 0 aliphatic heterocycles. The van der Waals surface area contributed by atoms with Gasteiger partial charge in [0.2, 0.25) is 0 Å². The van der Waals surface area contributed by atoms with E-state index >= 15 is 0 Å². The molecule has 0 radical (unpaired) electrons. The third kappa shape index (κ3) is 2.98. The summed E-state index contributed by atoms with van der Waals surface area (Å²) in [6.07, 6.45) is -4.49. The third-order valence-electron chi connectivity index (χ3n) is 2.50. The van der Waals surface area contributed by atoms with Gasteiger partial charge in [0.1, 0.15) is 17.7 Å². The average Bonchev–Trinajstić information content (AvgIpc) is 2.38. The van der Waals surface area contributed by atoms with Crippen LogP contribution in [-0.4, -0.2) is 4.98 Å². The fourth-order valence-corrected chi connectivity index (χ4v) is 1.58. The van der Waals surface area contributed by atoms with E-state index < -0.39 is 11.7 Å². The smallest absolute Gasteiger partial charge is 0.384 e. The summed E-state index contributed by atoms with van der Waals surface area (Å²) in [7, 11) is 0. The molecule has 2 aromatic rings. The van der Waals surface area contributed by atoms with Crippen LogP contribution in [0.4, 0.5) is 30.5 Å². The molecule has 3 N–H and O–H groups in total. The second-order valence-corrected chi connectivity index (χ2v) is 3.94. The zero-order chi connectivity index (χ0) is 14.8. The number of alkyl halides is 3. The van der Waals surface area contributed by atoms with Gasteiger partial charge >= 0.3 is 6.18 Å². The molecular weight excluding hydrogens is 269 g/mol. The molecular formula is C13H9F3N4. The second kappa shape index (κ2) is 5.09. The van der Waals surface area contributed by atoms with Crippen LogP contribution in [0.3, 0.4) is 0 Å². The number of aromatic nitrogens is 1. The highest BCUT2D eigenvalue weighted by molar-refractivity contribution is 5.66. The molecule has 0 aliphatic rings. The van der Waals surface area contributed by atoms with Crippen LogP contribution in [0, 0.1) is 11.3 Å². The van der Waals surface area contributed by atoms with E-state index in [4.69, 9.17) is 11.0 Å². The number of hydrogen-bond acceptors (Lipinski definition) is 4. The molecule has 1 aromatic carbocycles. The van der Waals surface area contributed by atoms with Crippen molar-refractivity contribution < 1.29 is 13.2 Å². The van der Waals surface area contributed by atoms with Crippen LogP contribution in [0.5, 0.6) is 0 Å². The highest BCUT2D eigenvalue weighted by atomic mass is 19.4. The van der Waals surface area contributed by atoms with Gasteiger partial charge in [-0.1, -0.05) is 6.07 Å². The number of nitrogen functional groups attached to an aromatic ring is 1. The SMILES string of the molecule is N#Cc1cc(C(F)(F)F)ccc1Nc1cccc(N)n1. The average molecular weight is 278 g/mol. The molecule has 4 nitrogen and oxygen atoms in total. The number of rotatable bonds is 2. The molecule has 2 rings (SSSR count). The molecule has 1 aromatic heterocycles. The molecule has 0 amide bonds. The fraction of sp³-hybridized carbons (Fsp3) is 0.0769. The van der Waals surface area contributed by atoms with Crippen molar-refractivity contribution in [3.05, 3.63) is 47.5 Å². The van der Waals surface area contributed by atoms with Crippen LogP contribution in [0.1, 0.15) is 11.1 Å². The molecule has 20 heavy (non-hydrogen) atoms. The van der Waals surface area contributed by atoms with Gasteiger partial charge in [0.25, 0.3) is 0 Å². The molecule has 0 fully saturated rings. The van der Waals surface area contributed by atoms with Gasteiger partial charge in [-0.15, -0.1) is 0 Å². The quantitative estimate of drug-likeness (QED) is 0.883. The Morgan fingerprint density at radius 3 is 2.55 bits per heavy atom. The first-order chi connectivity index (χ1) is 9.40. The highest BCUT2D eigenvalue weighted by Crippen LogP contribution is 2.32. The van der Waals surface area contributed by atoms with Crippen LogP contribution in [0.25, 0.3) is 0 Å². The van der Waals surface area contributed by atoms with Crippen molar-refractivity contribution in [2.24, 2.45) is 0 Å². The summed E-state index contributed by atoms with van der Waals surface area (Å²) in [6, 6.07) is 9.40.